The van der Waals surface area contributed by atoms with Gasteiger partial charge in [-0.2, -0.15) is 9.40 Å². The molecule has 1 aliphatic heterocycles. The predicted octanol–water partition coefficient (Wildman–Crippen LogP) is 1.43. The van der Waals surface area contributed by atoms with Crippen molar-refractivity contribution < 1.29 is 17.7 Å². The normalized spacial score (nSPS) is 18.7. The first-order valence-electron chi connectivity index (χ1n) is 9.68. The predicted molar refractivity (Wildman–Crippen MR) is 100 cm³/mol. The van der Waals surface area contributed by atoms with Crippen molar-refractivity contribution in [2.75, 3.05) is 26.2 Å². The summed E-state index contributed by atoms with van der Waals surface area (Å²) in [7, 11) is -3.65. The molecule has 2 aromatic heterocycles. The molecule has 2 aromatic rings. The standard InChI is InChI=1S/C18H25N5O4S/c1-12-17(13(2)20-19-12)28(25,26)23-9-5-8-22(10-11-23)18(24)16-14-6-3-4-7-15(14)27-21-16/h3-11H2,1-2H3,(H,19,20). The van der Waals surface area contributed by atoms with Gasteiger partial charge in [-0.15, -0.1) is 0 Å². The van der Waals surface area contributed by atoms with Crippen LogP contribution in [-0.4, -0.2) is 65.1 Å². The van der Waals surface area contributed by atoms with Crippen LogP contribution in [-0.2, 0) is 22.9 Å². The third-order valence-corrected chi connectivity index (χ3v) is 7.72. The Kier molecular flexibility index (Phi) is 5.00. The molecule has 1 saturated heterocycles. The highest BCUT2D eigenvalue weighted by atomic mass is 32.2. The molecule has 0 aromatic carbocycles. The average Bonchev–Trinajstić information content (AvgIpc) is 3.14. The molecule has 0 atom stereocenters. The van der Waals surface area contributed by atoms with Crippen LogP contribution in [0.15, 0.2) is 9.42 Å². The number of nitrogens with one attached hydrogen (secondary N) is 1. The minimum absolute atomic E-state index is 0.165. The fraction of sp³-hybridized carbons (Fsp3) is 0.611. The second-order valence-electron chi connectivity index (χ2n) is 7.45. The van der Waals surface area contributed by atoms with Gasteiger partial charge >= 0.3 is 0 Å². The molecule has 1 amide bonds. The third kappa shape index (κ3) is 3.24. The maximum atomic E-state index is 13.1. The number of hydrogen-bond acceptors (Lipinski definition) is 6. The lowest BCUT2D eigenvalue weighted by Gasteiger charge is -2.22. The van der Waals surface area contributed by atoms with Crippen molar-refractivity contribution in [3.63, 3.8) is 0 Å². The smallest absolute Gasteiger partial charge is 0.276 e. The summed E-state index contributed by atoms with van der Waals surface area (Å²) in [5, 5.41) is 10.8. The molecule has 1 aliphatic carbocycles. The molecule has 3 heterocycles. The van der Waals surface area contributed by atoms with Gasteiger partial charge in [-0.25, -0.2) is 8.42 Å². The molecule has 0 bridgehead atoms. The first-order chi connectivity index (χ1) is 13.4. The molecule has 0 saturated carbocycles. The van der Waals surface area contributed by atoms with Crippen molar-refractivity contribution in [3.05, 3.63) is 28.4 Å². The first-order valence-corrected chi connectivity index (χ1v) is 11.1. The zero-order valence-corrected chi connectivity index (χ0v) is 17.0. The van der Waals surface area contributed by atoms with E-state index in [1.807, 2.05) is 0 Å². The lowest BCUT2D eigenvalue weighted by Crippen LogP contribution is -2.38. The Morgan fingerprint density at radius 2 is 1.86 bits per heavy atom. The van der Waals surface area contributed by atoms with Crippen molar-refractivity contribution in [3.8, 4) is 0 Å². The Morgan fingerprint density at radius 3 is 2.61 bits per heavy atom. The minimum atomic E-state index is -3.65. The van der Waals surface area contributed by atoms with E-state index in [1.54, 1.807) is 18.7 Å². The van der Waals surface area contributed by atoms with Crippen LogP contribution in [0.5, 0.6) is 0 Å². The number of aromatic nitrogens is 3. The molecule has 4 rings (SSSR count). The maximum Gasteiger partial charge on any atom is 0.276 e. The Hall–Kier alpha value is -2.20. The number of aryl methyl sites for hydroxylation is 3. The lowest BCUT2D eigenvalue weighted by atomic mass is 9.96. The second-order valence-corrected chi connectivity index (χ2v) is 9.33. The Morgan fingerprint density at radius 1 is 1.07 bits per heavy atom. The van der Waals surface area contributed by atoms with Gasteiger partial charge in [-0.1, -0.05) is 5.16 Å². The summed E-state index contributed by atoms with van der Waals surface area (Å²) in [6, 6.07) is 0. The van der Waals surface area contributed by atoms with Crippen LogP contribution in [0, 0.1) is 13.8 Å². The van der Waals surface area contributed by atoms with Crippen LogP contribution >= 0.6 is 0 Å². The van der Waals surface area contributed by atoms with Crippen molar-refractivity contribution >= 4 is 15.9 Å². The summed E-state index contributed by atoms with van der Waals surface area (Å²) in [6.45, 7) is 4.82. The molecule has 0 spiro atoms. The average molecular weight is 407 g/mol. The van der Waals surface area contributed by atoms with Gasteiger partial charge in [-0.05, 0) is 39.5 Å². The van der Waals surface area contributed by atoms with E-state index in [1.165, 1.54) is 4.31 Å². The summed E-state index contributed by atoms with van der Waals surface area (Å²) in [5.41, 5.74) is 2.31. The van der Waals surface area contributed by atoms with Gasteiger partial charge in [0.15, 0.2) is 5.69 Å². The molecule has 10 heteroatoms. The Bertz CT molecular complexity index is 974. The largest absolute Gasteiger partial charge is 0.360 e. The molecular weight excluding hydrogens is 382 g/mol. The fourth-order valence-electron chi connectivity index (χ4n) is 4.09. The van der Waals surface area contributed by atoms with Gasteiger partial charge in [0.25, 0.3) is 5.91 Å². The van der Waals surface area contributed by atoms with E-state index in [4.69, 9.17) is 4.52 Å². The number of aromatic amines is 1. The zero-order chi connectivity index (χ0) is 19.9. The highest BCUT2D eigenvalue weighted by Crippen LogP contribution is 2.26. The summed E-state index contributed by atoms with van der Waals surface area (Å²) in [5.74, 6) is 0.654. The first kappa shape index (κ1) is 19.1. The highest BCUT2D eigenvalue weighted by Gasteiger charge is 2.33. The van der Waals surface area contributed by atoms with Gasteiger partial charge in [-0.3, -0.25) is 9.89 Å². The van der Waals surface area contributed by atoms with Gasteiger partial charge in [0.2, 0.25) is 10.0 Å². The maximum absolute atomic E-state index is 13.1. The van der Waals surface area contributed by atoms with Crippen molar-refractivity contribution in [1.82, 2.24) is 24.6 Å². The Labute approximate surface area is 164 Å². The van der Waals surface area contributed by atoms with E-state index in [-0.39, 0.29) is 17.3 Å². The van der Waals surface area contributed by atoms with E-state index >= 15 is 0 Å². The molecule has 1 fully saturated rings. The number of hydrogen-bond donors (Lipinski definition) is 1. The number of carbonyl (C=O) groups excluding carboxylic acids is 1. The number of rotatable bonds is 3. The van der Waals surface area contributed by atoms with Crippen molar-refractivity contribution in [2.24, 2.45) is 0 Å². The summed E-state index contributed by atoms with van der Waals surface area (Å²) < 4.78 is 33.0. The number of nitrogens with zero attached hydrogens (tertiary/aromatic N) is 4. The van der Waals surface area contributed by atoms with Gasteiger partial charge in [0.1, 0.15) is 10.7 Å². The highest BCUT2D eigenvalue weighted by molar-refractivity contribution is 7.89. The number of H-pyrrole nitrogens is 1. The van der Waals surface area contributed by atoms with Crippen molar-refractivity contribution in [1.29, 1.82) is 0 Å². The summed E-state index contributed by atoms with van der Waals surface area (Å²) >= 11 is 0. The third-order valence-electron chi connectivity index (χ3n) is 5.55. The van der Waals surface area contributed by atoms with E-state index in [2.05, 4.69) is 15.4 Å². The number of sulfonamides is 1. The lowest BCUT2D eigenvalue weighted by molar-refractivity contribution is 0.0753. The molecular formula is C18H25N5O4S. The van der Waals surface area contributed by atoms with Gasteiger partial charge in [0, 0.05) is 38.2 Å². The monoisotopic (exact) mass is 407 g/mol. The number of amides is 1. The SMILES string of the molecule is Cc1n[nH]c(C)c1S(=O)(=O)N1CCCN(C(=O)c2noc3c2CCCC3)CC1. The van der Waals surface area contributed by atoms with Gasteiger partial charge < -0.3 is 9.42 Å². The molecule has 1 N–H and O–H groups in total. The molecule has 152 valence electrons. The number of fused-ring (bicyclic) bond motifs is 1. The molecule has 0 unspecified atom stereocenters. The Balaban J connectivity index is 1.51. The second kappa shape index (κ2) is 7.32. The van der Waals surface area contributed by atoms with Crippen LogP contribution in [0.2, 0.25) is 0 Å². The number of carbonyl (C=O) groups is 1. The van der Waals surface area contributed by atoms with Crippen LogP contribution in [0.1, 0.15) is 52.5 Å². The quantitative estimate of drug-likeness (QED) is 0.824. The van der Waals surface area contributed by atoms with E-state index in [0.29, 0.717) is 43.1 Å². The fourth-order valence-corrected chi connectivity index (χ4v) is 5.89. The summed E-state index contributed by atoms with van der Waals surface area (Å²) in [4.78, 5) is 14.9. The van der Waals surface area contributed by atoms with Crippen molar-refractivity contribution in [2.45, 2.75) is 50.8 Å². The van der Waals surface area contributed by atoms with Crippen LogP contribution < -0.4 is 0 Å². The molecule has 9 nitrogen and oxygen atoms in total. The van der Waals surface area contributed by atoms with Crippen LogP contribution in [0.3, 0.4) is 0 Å². The minimum Gasteiger partial charge on any atom is -0.360 e. The van der Waals surface area contributed by atoms with Gasteiger partial charge in [0.05, 0.1) is 11.4 Å². The summed E-state index contributed by atoms with van der Waals surface area (Å²) in [6.07, 6.45) is 4.29. The topological polar surface area (TPSA) is 112 Å². The van der Waals surface area contributed by atoms with E-state index in [9.17, 15) is 13.2 Å². The zero-order valence-electron chi connectivity index (χ0n) is 16.2. The van der Waals surface area contributed by atoms with Crippen LogP contribution in [0.25, 0.3) is 0 Å². The van der Waals surface area contributed by atoms with E-state index < -0.39 is 10.0 Å². The van der Waals surface area contributed by atoms with E-state index in [0.717, 1.165) is 37.0 Å². The van der Waals surface area contributed by atoms with Crippen LogP contribution in [0.4, 0.5) is 0 Å². The molecule has 2 aliphatic rings. The molecule has 0 radical (unpaired) electrons. The molecule has 28 heavy (non-hydrogen) atoms.